The molecule has 0 spiro atoms. The van der Waals surface area contributed by atoms with Crippen LogP contribution in [0.4, 0.5) is 4.39 Å². The second kappa shape index (κ2) is 4.58. The Bertz CT molecular complexity index is 915. The van der Waals surface area contributed by atoms with Crippen molar-refractivity contribution in [1.82, 2.24) is 9.55 Å². The summed E-state index contributed by atoms with van der Waals surface area (Å²) in [4.78, 5) is 3.09. The maximum absolute atomic E-state index is 13.4. The van der Waals surface area contributed by atoms with Gasteiger partial charge < -0.3 is 4.98 Å². The highest BCUT2D eigenvalue weighted by molar-refractivity contribution is 7.71. The van der Waals surface area contributed by atoms with E-state index in [0.29, 0.717) is 15.9 Å². The van der Waals surface area contributed by atoms with Crippen molar-refractivity contribution < 1.29 is 4.39 Å². The van der Waals surface area contributed by atoms with Gasteiger partial charge >= 0.3 is 0 Å². The molecule has 0 saturated carbocycles. The number of nitrogens with one attached hydrogen (secondary N) is 1. The second-order valence-corrected chi connectivity index (χ2v) is 4.93. The zero-order valence-corrected chi connectivity index (χ0v) is 11.5. The molecular weight excluding hydrogens is 273 g/mol. The predicted octanol–water partition coefficient (Wildman–Crippen LogP) is 4.01. The standard InChI is InChI=1S/C15H10FN3S/c1-9-6-11(3-4-12(9)16)19-14-7-10(8-17)2-5-13(14)18-15(19)20/h2-7H,1H3,(H,18,20). The number of aromatic nitrogens is 2. The monoisotopic (exact) mass is 283 g/mol. The maximum atomic E-state index is 13.4. The van der Waals surface area contributed by atoms with E-state index < -0.39 is 0 Å². The molecule has 0 unspecified atom stereocenters. The summed E-state index contributed by atoms with van der Waals surface area (Å²) in [5.74, 6) is -0.252. The number of halogens is 1. The van der Waals surface area contributed by atoms with Crippen molar-refractivity contribution in [3.05, 3.63) is 58.1 Å². The molecule has 1 aromatic heterocycles. The maximum Gasteiger partial charge on any atom is 0.182 e. The fourth-order valence-corrected chi connectivity index (χ4v) is 2.51. The van der Waals surface area contributed by atoms with Crippen LogP contribution in [0.1, 0.15) is 11.1 Å². The molecule has 0 fully saturated rings. The minimum atomic E-state index is -0.252. The van der Waals surface area contributed by atoms with Gasteiger partial charge in [0.2, 0.25) is 0 Å². The molecule has 2 aromatic carbocycles. The van der Waals surface area contributed by atoms with Gasteiger partial charge in [-0.15, -0.1) is 0 Å². The summed E-state index contributed by atoms with van der Waals surface area (Å²) < 4.78 is 15.7. The lowest BCUT2D eigenvalue weighted by Gasteiger charge is -2.06. The zero-order chi connectivity index (χ0) is 14.3. The first kappa shape index (κ1) is 12.6. The van der Waals surface area contributed by atoms with Gasteiger partial charge in [-0.25, -0.2) is 4.39 Å². The predicted molar refractivity (Wildman–Crippen MR) is 77.9 cm³/mol. The van der Waals surface area contributed by atoms with Gasteiger partial charge in [0.1, 0.15) is 5.82 Å². The van der Waals surface area contributed by atoms with Crippen LogP contribution in [0.2, 0.25) is 0 Å². The van der Waals surface area contributed by atoms with Crippen molar-refractivity contribution >= 4 is 23.3 Å². The van der Waals surface area contributed by atoms with Crippen molar-refractivity contribution in [3.8, 4) is 11.8 Å². The number of imidazole rings is 1. The van der Waals surface area contributed by atoms with Crippen molar-refractivity contribution in [2.45, 2.75) is 6.92 Å². The summed E-state index contributed by atoms with van der Waals surface area (Å²) >= 11 is 5.32. The Balaban J connectivity index is 2.35. The summed E-state index contributed by atoms with van der Waals surface area (Å²) in [5.41, 5.74) is 3.53. The van der Waals surface area contributed by atoms with Gasteiger partial charge in [-0.1, -0.05) is 0 Å². The Morgan fingerprint density at radius 2 is 2.05 bits per heavy atom. The van der Waals surface area contributed by atoms with E-state index in [2.05, 4.69) is 11.1 Å². The Kier molecular flexibility index (Phi) is 2.88. The lowest BCUT2D eigenvalue weighted by Crippen LogP contribution is -1.96. The number of hydrogen-bond donors (Lipinski definition) is 1. The van der Waals surface area contributed by atoms with Crippen molar-refractivity contribution in [1.29, 1.82) is 5.26 Å². The molecule has 0 aliphatic carbocycles. The molecule has 98 valence electrons. The van der Waals surface area contributed by atoms with E-state index in [1.54, 1.807) is 35.8 Å². The molecule has 20 heavy (non-hydrogen) atoms. The van der Waals surface area contributed by atoms with Gasteiger partial charge in [0, 0.05) is 5.69 Å². The van der Waals surface area contributed by atoms with Gasteiger partial charge in [-0.2, -0.15) is 5.26 Å². The quantitative estimate of drug-likeness (QED) is 0.686. The van der Waals surface area contributed by atoms with E-state index in [-0.39, 0.29) is 5.82 Å². The lowest BCUT2D eigenvalue weighted by molar-refractivity contribution is 0.618. The molecule has 0 bridgehead atoms. The fraction of sp³-hybridized carbons (Fsp3) is 0.0667. The van der Waals surface area contributed by atoms with Gasteiger partial charge in [-0.3, -0.25) is 4.57 Å². The van der Waals surface area contributed by atoms with Crippen molar-refractivity contribution in [3.63, 3.8) is 0 Å². The van der Waals surface area contributed by atoms with Crippen LogP contribution in [0.25, 0.3) is 16.7 Å². The molecule has 3 rings (SSSR count). The number of hydrogen-bond acceptors (Lipinski definition) is 2. The van der Waals surface area contributed by atoms with Crippen molar-refractivity contribution in [2.75, 3.05) is 0 Å². The number of H-pyrrole nitrogens is 1. The molecular formula is C15H10FN3S. The average Bonchev–Trinajstić information content (AvgIpc) is 2.77. The topological polar surface area (TPSA) is 44.5 Å². The largest absolute Gasteiger partial charge is 0.330 e. The molecule has 0 atom stereocenters. The zero-order valence-electron chi connectivity index (χ0n) is 10.6. The highest BCUT2D eigenvalue weighted by Crippen LogP contribution is 2.22. The number of aromatic amines is 1. The number of fused-ring (bicyclic) bond motifs is 1. The van der Waals surface area contributed by atoms with E-state index in [9.17, 15) is 4.39 Å². The SMILES string of the molecule is Cc1cc(-n2c(=S)[nH]c3ccc(C#N)cc32)ccc1F. The van der Waals surface area contributed by atoms with E-state index in [0.717, 1.165) is 16.7 Å². The number of aryl methyl sites for hydroxylation is 1. The minimum absolute atomic E-state index is 0.252. The van der Waals surface area contributed by atoms with Crippen LogP contribution < -0.4 is 0 Å². The normalized spacial score (nSPS) is 10.7. The summed E-state index contributed by atoms with van der Waals surface area (Å²) in [6.45, 7) is 1.71. The highest BCUT2D eigenvalue weighted by atomic mass is 32.1. The highest BCUT2D eigenvalue weighted by Gasteiger charge is 2.09. The third-order valence-electron chi connectivity index (χ3n) is 3.21. The van der Waals surface area contributed by atoms with Gasteiger partial charge in [0.15, 0.2) is 4.77 Å². The molecule has 0 radical (unpaired) electrons. The third-order valence-corrected chi connectivity index (χ3v) is 3.50. The van der Waals surface area contributed by atoms with E-state index in [4.69, 9.17) is 17.5 Å². The number of nitrogens with zero attached hydrogens (tertiary/aromatic N) is 2. The summed E-state index contributed by atoms with van der Waals surface area (Å²) in [6, 6.07) is 12.2. The van der Waals surface area contributed by atoms with Crippen molar-refractivity contribution in [2.24, 2.45) is 0 Å². The molecule has 1 N–H and O–H groups in total. The second-order valence-electron chi connectivity index (χ2n) is 4.54. The minimum Gasteiger partial charge on any atom is -0.330 e. The molecule has 3 nitrogen and oxygen atoms in total. The van der Waals surface area contributed by atoms with Crippen LogP contribution in [-0.4, -0.2) is 9.55 Å². The fourth-order valence-electron chi connectivity index (χ4n) is 2.20. The van der Waals surface area contributed by atoms with Gasteiger partial charge in [0.05, 0.1) is 22.7 Å². The third kappa shape index (κ3) is 1.91. The van der Waals surface area contributed by atoms with Crippen LogP contribution in [-0.2, 0) is 0 Å². The molecule has 0 aliphatic rings. The Morgan fingerprint density at radius 1 is 1.25 bits per heavy atom. The number of nitriles is 1. The van der Waals surface area contributed by atoms with E-state index >= 15 is 0 Å². The first-order valence-electron chi connectivity index (χ1n) is 6.01. The first-order valence-corrected chi connectivity index (χ1v) is 6.42. The smallest absolute Gasteiger partial charge is 0.182 e. The summed E-state index contributed by atoms with van der Waals surface area (Å²) in [6.07, 6.45) is 0. The van der Waals surface area contributed by atoms with Crippen LogP contribution in [0, 0.1) is 28.8 Å². The Hall–Kier alpha value is -2.45. The number of benzene rings is 2. The van der Waals surface area contributed by atoms with E-state index in [1.165, 1.54) is 6.07 Å². The van der Waals surface area contributed by atoms with Crippen LogP contribution in [0.3, 0.4) is 0 Å². The molecule has 0 amide bonds. The summed E-state index contributed by atoms with van der Waals surface area (Å²) in [7, 11) is 0. The molecule has 1 heterocycles. The molecule has 5 heteroatoms. The number of rotatable bonds is 1. The van der Waals surface area contributed by atoms with Gasteiger partial charge in [-0.05, 0) is 61.1 Å². The van der Waals surface area contributed by atoms with Crippen LogP contribution in [0.5, 0.6) is 0 Å². The molecule has 0 saturated heterocycles. The first-order chi connectivity index (χ1) is 9.60. The van der Waals surface area contributed by atoms with Crippen LogP contribution in [0.15, 0.2) is 36.4 Å². The lowest BCUT2D eigenvalue weighted by atomic mass is 10.2. The Morgan fingerprint density at radius 3 is 2.75 bits per heavy atom. The summed E-state index contributed by atoms with van der Waals surface area (Å²) in [5, 5.41) is 9.00. The average molecular weight is 283 g/mol. The van der Waals surface area contributed by atoms with Gasteiger partial charge in [0.25, 0.3) is 0 Å². The molecule has 3 aromatic rings. The van der Waals surface area contributed by atoms with Crippen LogP contribution >= 0.6 is 12.2 Å². The molecule has 0 aliphatic heterocycles. The Labute approximate surface area is 119 Å². The van der Waals surface area contributed by atoms with E-state index in [1.807, 2.05) is 6.07 Å².